The van der Waals surface area contributed by atoms with E-state index in [9.17, 15) is 22.4 Å². The Labute approximate surface area is 202 Å². The highest BCUT2D eigenvalue weighted by atomic mass is 32.2. The first-order valence-corrected chi connectivity index (χ1v) is 12.4. The molecule has 2 amide bonds. The van der Waals surface area contributed by atoms with Gasteiger partial charge in [-0.2, -0.15) is 4.31 Å². The van der Waals surface area contributed by atoms with Gasteiger partial charge in [0.15, 0.2) is 0 Å². The summed E-state index contributed by atoms with van der Waals surface area (Å²) in [5.74, 6) is -0.833. The highest BCUT2D eigenvalue weighted by Gasteiger charge is 2.39. The van der Waals surface area contributed by atoms with E-state index in [1.54, 1.807) is 48.5 Å². The van der Waals surface area contributed by atoms with E-state index in [0.717, 1.165) is 16.4 Å². The summed E-state index contributed by atoms with van der Waals surface area (Å²) < 4.78 is 45.6. The lowest BCUT2D eigenvalue weighted by molar-refractivity contribution is -0.119. The summed E-state index contributed by atoms with van der Waals surface area (Å²) in [7, 11) is -2.44. The van der Waals surface area contributed by atoms with Crippen LogP contribution in [0.15, 0.2) is 77.7 Å². The van der Waals surface area contributed by atoms with Gasteiger partial charge in [-0.05, 0) is 73.5 Å². The van der Waals surface area contributed by atoms with Crippen LogP contribution >= 0.6 is 0 Å². The SMILES string of the molecule is COc1ccccc1NC(=O)c1ccc(NC(=O)C2CCCN2S(=O)(=O)c2ccc(F)cc2)cc1. The summed E-state index contributed by atoms with van der Waals surface area (Å²) in [4.78, 5) is 25.4. The number of carbonyl (C=O) groups is 2. The van der Waals surface area contributed by atoms with E-state index in [0.29, 0.717) is 35.5 Å². The van der Waals surface area contributed by atoms with Crippen molar-refractivity contribution in [2.75, 3.05) is 24.3 Å². The Morgan fingerprint density at radius 1 is 0.971 bits per heavy atom. The van der Waals surface area contributed by atoms with E-state index in [2.05, 4.69) is 10.6 Å². The fourth-order valence-corrected chi connectivity index (χ4v) is 5.56. The van der Waals surface area contributed by atoms with Gasteiger partial charge >= 0.3 is 0 Å². The second-order valence-electron chi connectivity index (χ2n) is 7.95. The van der Waals surface area contributed by atoms with Crippen molar-refractivity contribution in [3.05, 3.63) is 84.2 Å². The van der Waals surface area contributed by atoms with Gasteiger partial charge < -0.3 is 15.4 Å². The first-order valence-electron chi connectivity index (χ1n) is 10.9. The van der Waals surface area contributed by atoms with Crippen LogP contribution in [0.5, 0.6) is 5.75 Å². The molecule has 0 bridgehead atoms. The molecular weight excluding hydrogens is 473 g/mol. The molecular formula is C25H24FN3O5S. The van der Waals surface area contributed by atoms with Gasteiger partial charge in [-0.15, -0.1) is 0 Å². The largest absolute Gasteiger partial charge is 0.495 e. The van der Waals surface area contributed by atoms with Crippen molar-refractivity contribution in [2.24, 2.45) is 0 Å². The standard InChI is InChI=1S/C25H24FN3O5S/c1-34-23-7-3-2-5-21(23)28-24(30)17-8-12-19(13-9-17)27-25(31)22-6-4-16-29(22)35(32,33)20-14-10-18(26)11-15-20/h2-3,5,7-15,22H,4,6,16H2,1H3,(H,27,31)(H,28,30). The third kappa shape index (κ3) is 5.33. The summed E-state index contributed by atoms with van der Waals surface area (Å²) in [5, 5.41) is 5.50. The highest BCUT2D eigenvalue weighted by molar-refractivity contribution is 7.89. The number of halogens is 1. The maximum atomic E-state index is 13.2. The molecule has 1 heterocycles. The van der Waals surface area contributed by atoms with Crippen molar-refractivity contribution in [1.82, 2.24) is 4.31 Å². The monoisotopic (exact) mass is 497 g/mol. The number of sulfonamides is 1. The summed E-state index contributed by atoms with van der Waals surface area (Å²) in [6.45, 7) is 0.194. The third-order valence-electron chi connectivity index (χ3n) is 5.70. The van der Waals surface area contributed by atoms with Gasteiger partial charge in [0.25, 0.3) is 5.91 Å². The predicted molar refractivity (Wildman–Crippen MR) is 129 cm³/mol. The van der Waals surface area contributed by atoms with Gasteiger partial charge in [-0.25, -0.2) is 12.8 Å². The van der Waals surface area contributed by atoms with Crippen LogP contribution in [0.25, 0.3) is 0 Å². The molecule has 1 atom stereocenters. The molecule has 1 aliphatic heterocycles. The summed E-state index contributed by atoms with van der Waals surface area (Å²) in [5.41, 5.74) is 1.33. The Morgan fingerprint density at radius 2 is 1.66 bits per heavy atom. The second-order valence-corrected chi connectivity index (χ2v) is 9.84. The van der Waals surface area contributed by atoms with Crippen LogP contribution in [-0.4, -0.2) is 44.2 Å². The van der Waals surface area contributed by atoms with Crippen LogP contribution in [-0.2, 0) is 14.8 Å². The number of anilines is 2. The molecule has 1 fully saturated rings. The van der Waals surface area contributed by atoms with Crippen molar-refractivity contribution >= 4 is 33.2 Å². The molecule has 35 heavy (non-hydrogen) atoms. The number of ether oxygens (including phenoxy) is 1. The molecule has 1 aliphatic rings. The molecule has 4 rings (SSSR count). The van der Waals surface area contributed by atoms with Crippen molar-refractivity contribution in [3.63, 3.8) is 0 Å². The number of nitrogens with zero attached hydrogens (tertiary/aromatic N) is 1. The fourth-order valence-electron chi connectivity index (χ4n) is 3.90. The molecule has 182 valence electrons. The van der Waals surface area contributed by atoms with Crippen molar-refractivity contribution in [3.8, 4) is 5.75 Å². The van der Waals surface area contributed by atoms with Gasteiger partial charge in [0.1, 0.15) is 17.6 Å². The lowest BCUT2D eigenvalue weighted by Gasteiger charge is -2.23. The van der Waals surface area contributed by atoms with Crippen molar-refractivity contribution < 1.29 is 27.1 Å². The van der Waals surface area contributed by atoms with Gasteiger partial charge in [-0.1, -0.05) is 12.1 Å². The minimum Gasteiger partial charge on any atom is -0.495 e. The number of hydrogen-bond donors (Lipinski definition) is 2. The van der Waals surface area contributed by atoms with Crippen LogP contribution in [0, 0.1) is 5.82 Å². The van der Waals surface area contributed by atoms with Gasteiger partial charge in [0.2, 0.25) is 15.9 Å². The first kappa shape index (κ1) is 24.4. The van der Waals surface area contributed by atoms with Crippen LogP contribution < -0.4 is 15.4 Å². The molecule has 0 spiro atoms. The number of carbonyl (C=O) groups excluding carboxylic acids is 2. The molecule has 3 aromatic rings. The van der Waals surface area contributed by atoms with Gasteiger partial charge in [0, 0.05) is 17.8 Å². The Morgan fingerprint density at radius 3 is 2.34 bits per heavy atom. The minimum atomic E-state index is -3.95. The van der Waals surface area contributed by atoms with E-state index >= 15 is 0 Å². The molecule has 0 saturated carbocycles. The fraction of sp³-hybridized carbons (Fsp3) is 0.200. The number of para-hydroxylation sites is 2. The zero-order valence-electron chi connectivity index (χ0n) is 18.9. The number of methoxy groups -OCH3 is 1. The third-order valence-corrected chi connectivity index (χ3v) is 7.62. The van der Waals surface area contributed by atoms with Crippen LogP contribution in [0.2, 0.25) is 0 Å². The number of nitrogens with one attached hydrogen (secondary N) is 2. The molecule has 3 aromatic carbocycles. The number of rotatable bonds is 7. The van der Waals surface area contributed by atoms with E-state index in [4.69, 9.17) is 4.74 Å². The molecule has 10 heteroatoms. The molecule has 0 radical (unpaired) electrons. The lowest BCUT2D eigenvalue weighted by Crippen LogP contribution is -2.43. The summed E-state index contributed by atoms with van der Waals surface area (Å²) in [6, 6.07) is 16.9. The first-order chi connectivity index (χ1) is 16.8. The second kappa shape index (κ2) is 10.2. The average molecular weight is 498 g/mol. The molecule has 0 aromatic heterocycles. The zero-order chi connectivity index (χ0) is 25.0. The number of amides is 2. The van der Waals surface area contributed by atoms with Gasteiger partial charge in [-0.3, -0.25) is 9.59 Å². The van der Waals surface area contributed by atoms with E-state index in [1.165, 1.54) is 19.2 Å². The summed E-state index contributed by atoms with van der Waals surface area (Å²) >= 11 is 0. The molecule has 8 nitrogen and oxygen atoms in total. The van der Waals surface area contributed by atoms with E-state index in [-0.39, 0.29) is 17.3 Å². The van der Waals surface area contributed by atoms with Crippen molar-refractivity contribution in [1.29, 1.82) is 0 Å². The van der Waals surface area contributed by atoms with Crippen LogP contribution in [0.1, 0.15) is 23.2 Å². The topological polar surface area (TPSA) is 105 Å². The molecule has 0 aliphatic carbocycles. The normalized spacial score (nSPS) is 16.0. The Hall–Kier alpha value is -3.76. The average Bonchev–Trinajstić information content (AvgIpc) is 3.36. The Balaban J connectivity index is 1.43. The predicted octanol–water partition coefficient (Wildman–Crippen LogP) is 3.88. The molecule has 2 N–H and O–H groups in total. The maximum absolute atomic E-state index is 13.2. The quantitative estimate of drug-likeness (QED) is 0.516. The van der Waals surface area contributed by atoms with Crippen molar-refractivity contribution in [2.45, 2.75) is 23.8 Å². The number of benzene rings is 3. The molecule has 1 saturated heterocycles. The highest BCUT2D eigenvalue weighted by Crippen LogP contribution is 2.28. The van der Waals surface area contributed by atoms with E-state index < -0.39 is 27.8 Å². The van der Waals surface area contributed by atoms with E-state index in [1.807, 2.05) is 0 Å². The van der Waals surface area contributed by atoms with Crippen LogP contribution in [0.4, 0.5) is 15.8 Å². The minimum absolute atomic E-state index is 0.0657. The van der Waals surface area contributed by atoms with Crippen LogP contribution in [0.3, 0.4) is 0 Å². The number of hydrogen-bond acceptors (Lipinski definition) is 5. The summed E-state index contributed by atoms with van der Waals surface area (Å²) in [6.07, 6.45) is 0.895. The molecule has 1 unspecified atom stereocenters. The Kier molecular flexibility index (Phi) is 7.13. The van der Waals surface area contributed by atoms with Gasteiger partial charge in [0.05, 0.1) is 17.7 Å². The smallest absolute Gasteiger partial charge is 0.255 e. The Bertz CT molecular complexity index is 1330. The lowest BCUT2D eigenvalue weighted by atomic mass is 10.1. The zero-order valence-corrected chi connectivity index (χ0v) is 19.7. The maximum Gasteiger partial charge on any atom is 0.255 e.